The van der Waals surface area contributed by atoms with Gasteiger partial charge in [0.05, 0.1) is 0 Å². The van der Waals surface area contributed by atoms with Crippen LogP contribution in [0.25, 0.3) is 0 Å². The fourth-order valence-electron chi connectivity index (χ4n) is 3.52. The molecule has 2 rings (SSSR count). The van der Waals surface area contributed by atoms with Crippen LogP contribution in [0.3, 0.4) is 0 Å². The molecule has 1 atom stereocenters. The summed E-state index contributed by atoms with van der Waals surface area (Å²) in [5.74, 6) is 1.07. The topological polar surface area (TPSA) is 26.0 Å². The highest BCUT2D eigenvalue weighted by Gasteiger charge is 2.31. The monoisotopic (exact) mass is 311 g/mol. The van der Waals surface area contributed by atoms with Crippen molar-refractivity contribution in [2.45, 2.75) is 58.9 Å². The predicted molar refractivity (Wildman–Crippen MR) is 88.0 cm³/mol. The zero-order valence-corrected chi connectivity index (χ0v) is 14.1. The van der Waals surface area contributed by atoms with E-state index >= 15 is 0 Å². The molecular weight excluding hydrogens is 285 g/mol. The van der Waals surface area contributed by atoms with Crippen LogP contribution in [-0.4, -0.2) is 6.04 Å². The lowest BCUT2D eigenvalue weighted by Gasteiger charge is -2.38. The van der Waals surface area contributed by atoms with E-state index in [0.717, 1.165) is 17.9 Å². The normalized spacial score (nSPS) is 24.9. The minimum atomic E-state index is -0.289. The third kappa shape index (κ3) is 4.43. The summed E-state index contributed by atoms with van der Waals surface area (Å²) in [6, 6.07) is 4.72. The molecule has 1 aliphatic rings. The molecule has 0 amide bonds. The van der Waals surface area contributed by atoms with Crippen molar-refractivity contribution < 1.29 is 4.39 Å². The average Bonchev–Trinajstić information content (AvgIpc) is 2.41. The summed E-state index contributed by atoms with van der Waals surface area (Å²) in [5.41, 5.74) is 7.75. The summed E-state index contributed by atoms with van der Waals surface area (Å²) in [7, 11) is 0. The van der Waals surface area contributed by atoms with Gasteiger partial charge in [0.15, 0.2) is 0 Å². The van der Waals surface area contributed by atoms with Crippen LogP contribution in [0.4, 0.5) is 4.39 Å². The van der Waals surface area contributed by atoms with E-state index in [4.69, 9.17) is 17.3 Å². The molecule has 1 aliphatic carbocycles. The molecule has 0 spiro atoms. The van der Waals surface area contributed by atoms with Crippen molar-refractivity contribution in [3.63, 3.8) is 0 Å². The highest BCUT2D eigenvalue weighted by Crippen LogP contribution is 2.40. The Labute approximate surface area is 133 Å². The first-order chi connectivity index (χ1) is 9.77. The van der Waals surface area contributed by atoms with Gasteiger partial charge < -0.3 is 5.73 Å². The first-order valence-corrected chi connectivity index (χ1v) is 8.34. The first-order valence-electron chi connectivity index (χ1n) is 7.97. The zero-order chi connectivity index (χ0) is 15.6. The molecule has 0 aromatic heterocycles. The Bertz CT molecular complexity index is 473. The Balaban J connectivity index is 1.92. The van der Waals surface area contributed by atoms with E-state index in [1.807, 2.05) is 0 Å². The van der Waals surface area contributed by atoms with Crippen molar-refractivity contribution in [2.75, 3.05) is 0 Å². The van der Waals surface area contributed by atoms with Crippen LogP contribution in [0.15, 0.2) is 18.2 Å². The highest BCUT2D eigenvalue weighted by molar-refractivity contribution is 6.31. The first kappa shape index (κ1) is 16.8. The van der Waals surface area contributed by atoms with E-state index in [2.05, 4.69) is 20.8 Å². The van der Waals surface area contributed by atoms with Crippen LogP contribution in [0.2, 0.25) is 5.02 Å². The van der Waals surface area contributed by atoms with Gasteiger partial charge in [-0.3, -0.25) is 0 Å². The minimum absolute atomic E-state index is 0.119. The molecule has 1 fully saturated rings. The van der Waals surface area contributed by atoms with E-state index in [1.54, 1.807) is 6.07 Å². The third-order valence-electron chi connectivity index (χ3n) is 5.07. The lowest BCUT2D eigenvalue weighted by molar-refractivity contribution is 0.139. The van der Waals surface area contributed by atoms with Gasteiger partial charge in [-0.15, -0.1) is 0 Å². The Morgan fingerprint density at radius 1 is 1.24 bits per heavy atom. The van der Waals surface area contributed by atoms with Crippen LogP contribution >= 0.6 is 11.6 Å². The maximum atomic E-state index is 13.1. The van der Waals surface area contributed by atoms with Crippen molar-refractivity contribution in [1.29, 1.82) is 0 Å². The molecule has 118 valence electrons. The summed E-state index contributed by atoms with van der Waals surface area (Å²) in [6.07, 6.45) is 5.66. The van der Waals surface area contributed by atoms with Crippen LogP contribution in [-0.2, 0) is 6.42 Å². The smallest absolute Gasteiger partial charge is 0.124 e. The number of rotatable bonds is 3. The van der Waals surface area contributed by atoms with Crippen molar-refractivity contribution in [2.24, 2.45) is 23.0 Å². The maximum absolute atomic E-state index is 13.1. The Hall–Kier alpha value is -0.600. The van der Waals surface area contributed by atoms with Crippen LogP contribution in [0.1, 0.15) is 52.0 Å². The van der Waals surface area contributed by atoms with Crippen LogP contribution in [0, 0.1) is 23.1 Å². The number of nitrogens with two attached hydrogens (primary N) is 1. The molecular formula is C18H27ClFN. The van der Waals surface area contributed by atoms with Gasteiger partial charge >= 0.3 is 0 Å². The second kappa shape index (κ2) is 6.66. The van der Waals surface area contributed by atoms with E-state index in [-0.39, 0.29) is 11.9 Å². The van der Waals surface area contributed by atoms with Crippen molar-refractivity contribution in [3.05, 3.63) is 34.6 Å². The number of hydrogen-bond donors (Lipinski definition) is 1. The Kier molecular flexibility index (Phi) is 5.32. The summed E-state index contributed by atoms with van der Waals surface area (Å²) >= 11 is 6.10. The Morgan fingerprint density at radius 2 is 1.86 bits per heavy atom. The molecule has 1 unspecified atom stereocenters. The van der Waals surface area contributed by atoms with Crippen LogP contribution in [0.5, 0.6) is 0 Å². The van der Waals surface area contributed by atoms with Gasteiger partial charge in [0.1, 0.15) is 5.82 Å². The van der Waals surface area contributed by atoms with Gasteiger partial charge in [0.2, 0.25) is 0 Å². The summed E-state index contributed by atoms with van der Waals surface area (Å²) < 4.78 is 13.1. The maximum Gasteiger partial charge on any atom is 0.124 e. The minimum Gasteiger partial charge on any atom is -0.327 e. The van der Waals surface area contributed by atoms with Crippen molar-refractivity contribution in [3.8, 4) is 0 Å². The molecule has 1 aromatic rings. The van der Waals surface area contributed by atoms with Gasteiger partial charge in [-0.25, -0.2) is 4.39 Å². The number of benzene rings is 1. The fraction of sp³-hybridized carbons (Fsp3) is 0.667. The molecule has 3 heteroatoms. The molecule has 1 aromatic carbocycles. The predicted octanol–water partition coefficient (Wildman–Crippen LogP) is 5.20. The van der Waals surface area contributed by atoms with Crippen molar-refractivity contribution in [1.82, 2.24) is 0 Å². The van der Waals surface area contributed by atoms with Gasteiger partial charge in [-0.1, -0.05) is 38.4 Å². The molecule has 21 heavy (non-hydrogen) atoms. The van der Waals surface area contributed by atoms with E-state index < -0.39 is 0 Å². The highest BCUT2D eigenvalue weighted by atomic mass is 35.5. The van der Waals surface area contributed by atoms with E-state index in [0.29, 0.717) is 16.4 Å². The average molecular weight is 312 g/mol. The quantitative estimate of drug-likeness (QED) is 0.815. The van der Waals surface area contributed by atoms with Gasteiger partial charge in [-0.05, 0) is 67.1 Å². The third-order valence-corrected chi connectivity index (χ3v) is 5.42. The molecule has 0 bridgehead atoms. The summed E-state index contributed by atoms with van der Waals surface area (Å²) in [5, 5.41) is 0.494. The molecule has 1 nitrogen and oxygen atoms in total. The van der Waals surface area contributed by atoms with Gasteiger partial charge in [0, 0.05) is 11.1 Å². The molecule has 2 N–H and O–H groups in total. The largest absolute Gasteiger partial charge is 0.327 e. The molecule has 0 saturated heterocycles. The summed E-state index contributed by atoms with van der Waals surface area (Å²) in [4.78, 5) is 0. The fourth-order valence-corrected chi connectivity index (χ4v) is 3.77. The van der Waals surface area contributed by atoms with Crippen molar-refractivity contribution >= 4 is 11.6 Å². The lowest BCUT2D eigenvalue weighted by atomic mass is 9.68. The van der Waals surface area contributed by atoms with Gasteiger partial charge in [0.25, 0.3) is 0 Å². The standard InChI is InChI=1S/C18H27ClFN/c1-18(2,3)14-7-4-12(5-8-14)17(21)10-13-6-9-15(20)11-16(13)19/h6,9,11-12,14,17H,4-5,7-8,10,21H2,1-3H3. The van der Waals surface area contributed by atoms with E-state index in [1.165, 1.54) is 37.8 Å². The number of halogens is 2. The molecule has 0 heterocycles. The van der Waals surface area contributed by atoms with E-state index in [9.17, 15) is 4.39 Å². The second-order valence-corrected chi connectivity index (χ2v) is 7.99. The summed E-state index contributed by atoms with van der Waals surface area (Å²) in [6.45, 7) is 6.99. The Morgan fingerprint density at radius 3 is 2.38 bits per heavy atom. The molecule has 0 aliphatic heterocycles. The van der Waals surface area contributed by atoms with Crippen LogP contribution < -0.4 is 5.73 Å². The SMILES string of the molecule is CC(C)(C)C1CCC(C(N)Cc2ccc(F)cc2Cl)CC1. The second-order valence-electron chi connectivity index (χ2n) is 7.58. The molecule has 1 saturated carbocycles. The zero-order valence-electron chi connectivity index (χ0n) is 13.3. The lowest BCUT2D eigenvalue weighted by Crippen LogP contribution is -2.37. The van der Waals surface area contributed by atoms with Gasteiger partial charge in [-0.2, -0.15) is 0 Å². The number of hydrogen-bond acceptors (Lipinski definition) is 1. The molecule has 0 radical (unpaired) electrons.